The summed E-state index contributed by atoms with van der Waals surface area (Å²) in [6.45, 7) is 3.29. The van der Waals surface area contributed by atoms with Crippen molar-refractivity contribution in [2.75, 3.05) is 6.61 Å². The van der Waals surface area contributed by atoms with Crippen molar-refractivity contribution in [1.82, 2.24) is 0 Å². The van der Waals surface area contributed by atoms with E-state index in [1.165, 1.54) is 5.56 Å². The molecule has 1 aliphatic heterocycles. The van der Waals surface area contributed by atoms with E-state index in [4.69, 9.17) is 4.74 Å². The zero-order valence-electron chi connectivity index (χ0n) is 7.42. The average Bonchev–Trinajstić information content (AvgIpc) is 2.89. The summed E-state index contributed by atoms with van der Waals surface area (Å²) in [5, 5.41) is 1.56. The first-order chi connectivity index (χ1) is 5.88. The smallest absolute Gasteiger partial charge is 0.0850 e. The Morgan fingerprint density at radius 2 is 2.42 bits per heavy atom. The summed E-state index contributed by atoms with van der Waals surface area (Å²) in [4.78, 5) is 0. The minimum atomic E-state index is 0.0156. The van der Waals surface area contributed by atoms with Crippen molar-refractivity contribution in [3.63, 3.8) is 0 Å². The fraction of sp³-hybridized carbons (Fsp3) is 0.400. The zero-order chi connectivity index (χ0) is 8.39. The van der Waals surface area contributed by atoms with Gasteiger partial charge in [0.15, 0.2) is 0 Å². The molecule has 64 valence electrons. The summed E-state index contributed by atoms with van der Waals surface area (Å²) in [6, 6.07) is 8.95. The van der Waals surface area contributed by atoms with E-state index in [0.29, 0.717) is 6.10 Å². The van der Waals surface area contributed by atoms with Gasteiger partial charge in [-0.2, -0.15) is 0 Å². The summed E-state index contributed by atoms with van der Waals surface area (Å²) < 4.78 is 5.20. The topological polar surface area (TPSA) is 12.5 Å². The van der Waals surface area contributed by atoms with E-state index in [0.717, 1.165) is 13.0 Å². The van der Waals surface area contributed by atoms with Gasteiger partial charge >= 0.3 is 0 Å². The number of benzene rings is 1. The normalized spacial score (nSPS) is 21.9. The quantitative estimate of drug-likeness (QED) is 0.484. The maximum atomic E-state index is 5.20. The summed E-state index contributed by atoms with van der Waals surface area (Å²) in [6.07, 6.45) is 1.64. The number of ether oxygens (including phenoxy) is 1. The molecule has 0 aliphatic carbocycles. The van der Waals surface area contributed by atoms with Gasteiger partial charge in [-0.15, -0.1) is 0 Å². The van der Waals surface area contributed by atoms with Gasteiger partial charge < -0.3 is 4.74 Å². The van der Waals surface area contributed by atoms with Gasteiger partial charge in [-0.05, 0) is 5.56 Å². The highest BCUT2D eigenvalue weighted by molar-refractivity contribution is 6.51. The van der Waals surface area contributed by atoms with Crippen LogP contribution in [0.4, 0.5) is 0 Å². The monoisotopic (exact) mass is 178 g/mol. The second kappa shape index (κ2) is 3.41. The molecule has 1 saturated heterocycles. The van der Waals surface area contributed by atoms with E-state index in [9.17, 15) is 0 Å². The third-order valence-electron chi connectivity index (χ3n) is 2.27. The van der Waals surface area contributed by atoms with Gasteiger partial charge in [0.25, 0.3) is 0 Å². The lowest BCUT2D eigenvalue weighted by Gasteiger charge is -2.00. The Bertz CT molecular complexity index is 268. The van der Waals surface area contributed by atoms with Gasteiger partial charge in [0.1, 0.15) is 0 Å². The second-order valence-corrected chi connectivity index (χ2v) is 4.86. The minimum absolute atomic E-state index is 0.0156. The molecule has 0 bridgehead atoms. The highest BCUT2D eigenvalue weighted by Gasteiger charge is 2.22. The van der Waals surface area contributed by atoms with Gasteiger partial charge in [-0.3, -0.25) is 0 Å². The van der Waals surface area contributed by atoms with E-state index in [2.05, 4.69) is 30.8 Å². The first-order valence-electron chi connectivity index (χ1n) is 4.58. The predicted octanol–water partition coefficient (Wildman–Crippen LogP) is 0.470. The number of hydrogen-bond donors (Lipinski definition) is 0. The number of hydrogen-bond acceptors (Lipinski definition) is 1. The lowest BCUT2D eigenvalue weighted by atomic mass is 10.1. The van der Waals surface area contributed by atoms with E-state index >= 15 is 0 Å². The molecular weight excluding hydrogens is 164 g/mol. The first-order valence-corrected chi connectivity index (χ1v) is 6.70. The van der Waals surface area contributed by atoms with Crippen molar-refractivity contribution in [3.05, 3.63) is 29.8 Å². The molecule has 1 aliphatic rings. The molecular formula is C10H14OSi. The SMILES string of the molecule is C[SiH2]c1cccc(CC2CO2)c1. The molecule has 1 heterocycles. The molecule has 1 nitrogen and oxygen atoms in total. The Balaban J connectivity index is 2.08. The Labute approximate surface area is 75.6 Å². The third-order valence-corrected chi connectivity index (χ3v) is 3.52. The average molecular weight is 178 g/mol. The Morgan fingerprint density at radius 3 is 3.08 bits per heavy atom. The van der Waals surface area contributed by atoms with Crippen LogP contribution in [0.1, 0.15) is 5.56 Å². The number of rotatable bonds is 3. The maximum Gasteiger partial charge on any atom is 0.0850 e. The lowest BCUT2D eigenvalue weighted by molar-refractivity contribution is 0.407. The molecule has 0 N–H and O–H groups in total. The molecule has 0 aromatic heterocycles. The predicted molar refractivity (Wildman–Crippen MR) is 53.9 cm³/mol. The lowest BCUT2D eigenvalue weighted by Crippen LogP contribution is -2.11. The fourth-order valence-corrected chi connectivity index (χ4v) is 2.26. The highest BCUT2D eigenvalue weighted by Crippen LogP contribution is 2.14. The van der Waals surface area contributed by atoms with Crippen molar-refractivity contribution in [2.45, 2.75) is 19.1 Å². The molecule has 1 aromatic rings. The van der Waals surface area contributed by atoms with Crippen LogP contribution in [0, 0.1) is 0 Å². The van der Waals surface area contributed by atoms with Crippen LogP contribution < -0.4 is 5.19 Å². The van der Waals surface area contributed by atoms with Crippen molar-refractivity contribution in [1.29, 1.82) is 0 Å². The summed E-state index contributed by atoms with van der Waals surface area (Å²) in [5.41, 5.74) is 1.45. The first kappa shape index (κ1) is 8.02. The second-order valence-electron chi connectivity index (χ2n) is 3.33. The Hall–Kier alpha value is -0.603. The zero-order valence-corrected chi connectivity index (χ0v) is 8.83. The Morgan fingerprint density at radius 1 is 1.58 bits per heavy atom. The Kier molecular flexibility index (Phi) is 2.28. The van der Waals surface area contributed by atoms with E-state index in [-0.39, 0.29) is 9.52 Å². The van der Waals surface area contributed by atoms with Crippen LogP contribution in [0.15, 0.2) is 24.3 Å². The van der Waals surface area contributed by atoms with Crippen LogP contribution >= 0.6 is 0 Å². The summed E-state index contributed by atoms with van der Waals surface area (Å²) >= 11 is 0. The maximum absolute atomic E-state index is 5.20. The molecule has 1 fully saturated rings. The molecule has 0 amide bonds. The van der Waals surface area contributed by atoms with Crippen molar-refractivity contribution in [2.24, 2.45) is 0 Å². The van der Waals surface area contributed by atoms with Crippen molar-refractivity contribution >= 4 is 14.7 Å². The molecule has 1 atom stereocenters. The van der Waals surface area contributed by atoms with Crippen LogP contribution in [-0.4, -0.2) is 22.2 Å². The van der Waals surface area contributed by atoms with Gasteiger partial charge in [0.2, 0.25) is 0 Å². The fourth-order valence-electron chi connectivity index (χ4n) is 1.43. The number of epoxide rings is 1. The summed E-state index contributed by atoms with van der Waals surface area (Å²) in [7, 11) is 0.0156. The van der Waals surface area contributed by atoms with E-state index in [1.54, 1.807) is 5.19 Å². The van der Waals surface area contributed by atoms with Crippen molar-refractivity contribution in [3.8, 4) is 0 Å². The van der Waals surface area contributed by atoms with Crippen LogP contribution in [0.25, 0.3) is 0 Å². The molecule has 0 spiro atoms. The summed E-state index contributed by atoms with van der Waals surface area (Å²) in [5.74, 6) is 0. The highest BCUT2D eigenvalue weighted by atomic mass is 28.2. The minimum Gasteiger partial charge on any atom is -0.373 e. The molecule has 1 unspecified atom stereocenters. The molecule has 2 rings (SSSR count). The van der Waals surface area contributed by atoms with E-state index in [1.807, 2.05) is 0 Å². The molecule has 12 heavy (non-hydrogen) atoms. The van der Waals surface area contributed by atoms with Gasteiger partial charge in [0.05, 0.1) is 22.2 Å². The molecule has 0 saturated carbocycles. The van der Waals surface area contributed by atoms with Crippen LogP contribution in [0.2, 0.25) is 6.55 Å². The van der Waals surface area contributed by atoms with Crippen LogP contribution in [0.5, 0.6) is 0 Å². The van der Waals surface area contributed by atoms with Gasteiger partial charge in [0, 0.05) is 6.42 Å². The molecule has 2 heteroatoms. The third kappa shape index (κ3) is 1.96. The van der Waals surface area contributed by atoms with Gasteiger partial charge in [-0.25, -0.2) is 0 Å². The van der Waals surface area contributed by atoms with Crippen molar-refractivity contribution < 1.29 is 4.74 Å². The molecule has 1 aromatic carbocycles. The molecule has 0 radical (unpaired) electrons. The largest absolute Gasteiger partial charge is 0.373 e. The van der Waals surface area contributed by atoms with Crippen LogP contribution in [0.3, 0.4) is 0 Å². The van der Waals surface area contributed by atoms with Crippen LogP contribution in [-0.2, 0) is 11.2 Å². The van der Waals surface area contributed by atoms with Gasteiger partial charge in [-0.1, -0.05) is 36.0 Å². The van der Waals surface area contributed by atoms with E-state index < -0.39 is 0 Å². The standard InChI is InChI=1S/C10H14OSi/c1-12-10-4-2-3-8(6-10)5-9-7-11-9/h2-4,6,9H,5,7,12H2,1H3.